The number of rotatable bonds is 6. The van der Waals surface area contributed by atoms with Gasteiger partial charge in [0.2, 0.25) is 5.91 Å². The summed E-state index contributed by atoms with van der Waals surface area (Å²) in [6.45, 7) is 0. The van der Waals surface area contributed by atoms with E-state index >= 15 is 0 Å². The lowest BCUT2D eigenvalue weighted by molar-refractivity contribution is -0.116. The van der Waals surface area contributed by atoms with Gasteiger partial charge in [0.1, 0.15) is 17.5 Å². The first kappa shape index (κ1) is 17.5. The first-order valence-corrected chi connectivity index (χ1v) is 8.12. The van der Waals surface area contributed by atoms with E-state index < -0.39 is 11.6 Å². The maximum Gasteiger partial charge on any atom is 0.224 e. The Bertz CT molecular complexity index is 883. The Morgan fingerprint density at radius 1 is 1.00 bits per heavy atom. The van der Waals surface area contributed by atoms with Crippen LogP contribution in [-0.2, 0) is 11.2 Å². The molecule has 1 amide bonds. The van der Waals surface area contributed by atoms with Crippen molar-refractivity contribution in [2.24, 2.45) is 0 Å². The molecule has 0 atom stereocenters. The highest BCUT2D eigenvalue weighted by atomic mass is 19.1. The maximum absolute atomic E-state index is 13.6. The fourth-order valence-electron chi connectivity index (χ4n) is 2.40. The number of pyridine rings is 1. The normalized spacial score (nSPS) is 10.4. The van der Waals surface area contributed by atoms with Crippen molar-refractivity contribution < 1.29 is 13.6 Å². The summed E-state index contributed by atoms with van der Waals surface area (Å²) in [5, 5.41) is 5.53. The summed E-state index contributed by atoms with van der Waals surface area (Å²) < 4.78 is 26.5. The SMILES string of the molecule is O=C(CCc1ccccc1)Nc1ccc(Nc2ccc(F)cc2F)nc1. The summed E-state index contributed by atoms with van der Waals surface area (Å²) in [5.41, 5.74) is 1.77. The van der Waals surface area contributed by atoms with Gasteiger partial charge in [-0.05, 0) is 36.2 Å². The van der Waals surface area contributed by atoms with E-state index in [9.17, 15) is 13.6 Å². The minimum atomic E-state index is -0.704. The van der Waals surface area contributed by atoms with Gasteiger partial charge in [-0.15, -0.1) is 0 Å². The summed E-state index contributed by atoms with van der Waals surface area (Å²) >= 11 is 0. The first-order valence-electron chi connectivity index (χ1n) is 8.12. The molecule has 0 aliphatic heterocycles. The molecule has 0 unspecified atom stereocenters. The summed E-state index contributed by atoms with van der Waals surface area (Å²) in [7, 11) is 0. The Kier molecular flexibility index (Phi) is 5.53. The molecule has 3 aromatic rings. The topological polar surface area (TPSA) is 54.0 Å². The van der Waals surface area contributed by atoms with E-state index in [2.05, 4.69) is 15.6 Å². The van der Waals surface area contributed by atoms with E-state index in [0.717, 1.165) is 17.7 Å². The molecule has 4 nitrogen and oxygen atoms in total. The third-order valence-electron chi connectivity index (χ3n) is 3.72. The van der Waals surface area contributed by atoms with Crippen molar-refractivity contribution in [2.45, 2.75) is 12.8 Å². The van der Waals surface area contributed by atoms with E-state index in [1.165, 1.54) is 12.3 Å². The summed E-state index contributed by atoms with van der Waals surface area (Å²) in [6, 6.07) is 16.3. The molecule has 0 aliphatic carbocycles. The highest BCUT2D eigenvalue weighted by Gasteiger charge is 2.06. The van der Waals surface area contributed by atoms with E-state index in [1.807, 2.05) is 30.3 Å². The number of carbonyl (C=O) groups is 1. The molecular formula is C20H17F2N3O. The molecule has 0 bridgehead atoms. The maximum atomic E-state index is 13.6. The molecule has 26 heavy (non-hydrogen) atoms. The standard InChI is InChI=1S/C20H17F2N3O/c21-15-7-9-18(17(22)12-15)25-19-10-8-16(13-23-19)24-20(26)11-6-14-4-2-1-3-5-14/h1-5,7-10,12-13H,6,11H2,(H,23,25)(H,24,26). The lowest BCUT2D eigenvalue weighted by Crippen LogP contribution is -2.12. The van der Waals surface area contributed by atoms with Crippen LogP contribution in [0.15, 0.2) is 66.9 Å². The molecular weight excluding hydrogens is 336 g/mol. The van der Waals surface area contributed by atoms with Crippen LogP contribution in [0.4, 0.5) is 26.0 Å². The first-order chi connectivity index (χ1) is 12.6. The number of anilines is 3. The third-order valence-corrected chi connectivity index (χ3v) is 3.72. The van der Waals surface area contributed by atoms with Gasteiger partial charge in [0, 0.05) is 12.5 Å². The molecule has 1 heterocycles. The van der Waals surface area contributed by atoms with Crippen molar-refractivity contribution in [3.05, 3.63) is 84.1 Å². The molecule has 0 saturated heterocycles. The second-order valence-electron chi connectivity index (χ2n) is 5.72. The summed E-state index contributed by atoms with van der Waals surface area (Å²) in [4.78, 5) is 16.1. The monoisotopic (exact) mass is 353 g/mol. The Morgan fingerprint density at radius 3 is 2.50 bits per heavy atom. The van der Waals surface area contributed by atoms with Gasteiger partial charge in [-0.3, -0.25) is 4.79 Å². The van der Waals surface area contributed by atoms with Crippen LogP contribution in [-0.4, -0.2) is 10.9 Å². The predicted molar refractivity (Wildman–Crippen MR) is 97.3 cm³/mol. The van der Waals surface area contributed by atoms with Crippen LogP contribution in [0.5, 0.6) is 0 Å². The predicted octanol–water partition coefficient (Wildman–Crippen LogP) is 4.67. The fourth-order valence-corrected chi connectivity index (χ4v) is 2.40. The molecule has 0 aliphatic rings. The van der Waals surface area contributed by atoms with Gasteiger partial charge in [0.15, 0.2) is 0 Å². The molecule has 0 saturated carbocycles. The quantitative estimate of drug-likeness (QED) is 0.677. The van der Waals surface area contributed by atoms with E-state index in [4.69, 9.17) is 0 Å². The number of aromatic nitrogens is 1. The Hall–Kier alpha value is -3.28. The summed E-state index contributed by atoms with van der Waals surface area (Å²) in [6.07, 6.45) is 2.50. The number of hydrogen-bond donors (Lipinski definition) is 2. The number of carbonyl (C=O) groups excluding carboxylic acids is 1. The molecule has 0 radical (unpaired) electrons. The van der Waals surface area contributed by atoms with E-state index in [-0.39, 0.29) is 11.6 Å². The zero-order valence-corrected chi connectivity index (χ0v) is 13.9. The van der Waals surface area contributed by atoms with Crippen molar-refractivity contribution in [2.75, 3.05) is 10.6 Å². The van der Waals surface area contributed by atoms with Crippen LogP contribution in [0, 0.1) is 11.6 Å². The molecule has 0 fully saturated rings. The number of aryl methyl sites for hydroxylation is 1. The van der Waals surface area contributed by atoms with Gasteiger partial charge in [0.25, 0.3) is 0 Å². The number of hydrogen-bond acceptors (Lipinski definition) is 3. The Balaban J connectivity index is 1.54. The average Bonchev–Trinajstić information content (AvgIpc) is 2.65. The molecule has 2 aromatic carbocycles. The van der Waals surface area contributed by atoms with Crippen LogP contribution in [0.1, 0.15) is 12.0 Å². The largest absolute Gasteiger partial charge is 0.338 e. The molecule has 3 rings (SSSR count). The molecule has 1 aromatic heterocycles. The van der Waals surface area contributed by atoms with Gasteiger partial charge in [-0.1, -0.05) is 30.3 Å². The number of benzene rings is 2. The molecule has 6 heteroatoms. The number of nitrogens with one attached hydrogen (secondary N) is 2. The van der Waals surface area contributed by atoms with Crippen molar-refractivity contribution in [1.29, 1.82) is 0 Å². The van der Waals surface area contributed by atoms with Crippen LogP contribution in [0.3, 0.4) is 0 Å². The van der Waals surface area contributed by atoms with Crippen molar-refractivity contribution in [3.8, 4) is 0 Å². The third kappa shape index (κ3) is 4.86. The van der Waals surface area contributed by atoms with Gasteiger partial charge < -0.3 is 10.6 Å². The minimum Gasteiger partial charge on any atom is -0.338 e. The van der Waals surface area contributed by atoms with Gasteiger partial charge in [-0.2, -0.15) is 0 Å². The summed E-state index contributed by atoms with van der Waals surface area (Å²) in [5.74, 6) is -1.07. The molecule has 2 N–H and O–H groups in total. The zero-order valence-electron chi connectivity index (χ0n) is 13.9. The van der Waals surface area contributed by atoms with Gasteiger partial charge in [-0.25, -0.2) is 13.8 Å². The minimum absolute atomic E-state index is 0.110. The molecule has 132 valence electrons. The van der Waals surface area contributed by atoms with Crippen molar-refractivity contribution >= 4 is 23.1 Å². The number of halogens is 2. The number of amides is 1. The van der Waals surface area contributed by atoms with Crippen molar-refractivity contribution in [1.82, 2.24) is 4.98 Å². The second kappa shape index (κ2) is 8.20. The van der Waals surface area contributed by atoms with Crippen LogP contribution >= 0.6 is 0 Å². The lowest BCUT2D eigenvalue weighted by Gasteiger charge is -2.09. The Labute approximate surface area is 149 Å². The highest BCUT2D eigenvalue weighted by molar-refractivity contribution is 5.90. The van der Waals surface area contributed by atoms with Crippen LogP contribution < -0.4 is 10.6 Å². The Morgan fingerprint density at radius 2 is 1.81 bits per heavy atom. The van der Waals surface area contributed by atoms with Crippen LogP contribution in [0.2, 0.25) is 0 Å². The van der Waals surface area contributed by atoms with Crippen molar-refractivity contribution in [3.63, 3.8) is 0 Å². The number of nitrogens with zero attached hydrogens (tertiary/aromatic N) is 1. The van der Waals surface area contributed by atoms with E-state index in [1.54, 1.807) is 12.1 Å². The lowest BCUT2D eigenvalue weighted by atomic mass is 10.1. The highest BCUT2D eigenvalue weighted by Crippen LogP contribution is 2.20. The van der Waals surface area contributed by atoms with Gasteiger partial charge >= 0.3 is 0 Å². The average molecular weight is 353 g/mol. The van der Waals surface area contributed by atoms with Crippen LogP contribution in [0.25, 0.3) is 0 Å². The fraction of sp³-hybridized carbons (Fsp3) is 0.100. The zero-order chi connectivity index (χ0) is 18.4. The van der Waals surface area contributed by atoms with Gasteiger partial charge in [0.05, 0.1) is 17.6 Å². The van der Waals surface area contributed by atoms with E-state index in [0.29, 0.717) is 24.3 Å². The smallest absolute Gasteiger partial charge is 0.224 e. The molecule has 0 spiro atoms. The second-order valence-corrected chi connectivity index (χ2v) is 5.72.